The Bertz CT molecular complexity index is 234. The molecule has 1 aliphatic carbocycles. The molecule has 0 aromatic carbocycles. The quantitative estimate of drug-likeness (QED) is 0.739. The minimum absolute atomic E-state index is 0.123. The van der Waals surface area contributed by atoms with E-state index in [0.29, 0.717) is 5.91 Å². The zero-order valence-corrected chi connectivity index (χ0v) is 10.2. The largest absolute Gasteiger partial charge is 0.342 e. The Morgan fingerprint density at radius 1 is 0.938 bits per heavy atom. The molecule has 3 heteroatoms. The molecule has 2 N–H and O–H groups in total. The van der Waals surface area contributed by atoms with Crippen molar-refractivity contribution in [3.05, 3.63) is 0 Å². The van der Waals surface area contributed by atoms with Gasteiger partial charge >= 0.3 is 0 Å². The second kappa shape index (κ2) is 5.67. The molecule has 1 saturated heterocycles. The minimum atomic E-state index is 0.123. The van der Waals surface area contributed by atoms with Crippen LogP contribution in [0.2, 0.25) is 0 Å². The van der Waals surface area contributed by atoms with Crippen molar-refractivity contribution < 1.29 is 4.79 Å². The molecule has 2 unspecified atom stereocenters. The Morgan fingerprint density at radius 2 is 1.56 bits per heavy atom. The Balaban J connectivity index is 1.91. The lowest BCUT2D eigenvalue weighted by atomic mass is 10.0. The van der Waals surface area contributed by atoms with Crippen LogP contribution < -0.4 is 5.73 Å². The summed E-state index contributed by atoms with van der Waals surface area (Å²) in [5, 5.41) is 0. The molecular weight excluding hydrogens is 200 g/mol. The van der Waals surface area contributed by atoms with Crippen LogP contribution in [-0.4, -0.2) is 29.9 Å². The first-order valence-electron chi connectivity index (χ1n) is 6.83. The van der Waals surface area contributed by atoms with Crippen molar-refractivity contribution >= 4 is 5.91 Å². The van der Waals surface area contributed by atoms with Gasteiger partial charge in [-0.05, 0) is 25.7 Å². The number of nitrogens with two attached hydrogens (primary N) is 1. The third kappa shape index (κ3) is 2.76. The molecule has 0 aromatic heterocycles. The molecule has 2 atom stereocenters. The van der Waals surface area contributed by atoms with E-state index in [1.807, 2.05) is 0 Å². The molecule has 1 amide bonds. The van der Waals surface area contributed by atoms with Crippen LogP contribution in [0.4, 0.5) is 0 Å². The first-order chi connectivity index (χ1) is 7.79. The third-order valence-corrected chi connectivity index (χ3v) is 4.05. The summed E-state index contributed by atoms with van der Waals surface area (Å²) in [5.41, 5.74) is 6.01. The maximum absolute atomic E-state index is 12.3. The summed E-state index contributed by atoms with van der Waals surface area (Å²) in [7, 11) is 0. The van der Waals surface area contributed by atoms with Gasteiger partial charge in [-0.1, -0.05) is 25.7 Å². The SMILES string of the molecule is NC1CCCC1C(=O)N1CCCCCCC1. The molecule has 0 radical (unpaired) electrons. The predicted molar refractivity (Wildman–Crippen MR) is 65.0 cm³/mol. The minimum Gasteiger partial charge on any atom is -0.342 e. The van der Waals surface area contributed by atoms with Gasteiger partial charge in [0.2, 0.25) is 5.91 Å². The van der Waals surface area contributed by atoms with E-state index in [9.17, 15) is 4.79 Å². The van der Waals surface area contributed by atoms with E-state index in [1.54, 1.807) is 0 Å². The second-order valence-corrected chi connectivity index (χ2v) is 5.29. The summed E-state index contributed by atoms with van der Waals surface area (Å²) >= 11 is 0. The number of hydrogen-bond acceptors (Lipinski definition) is 2. The summed E-state index contributed by atoms with van der Waals surface area (Å²) in [4.78, 5) is 14.4. The summed E-state index contributed by atoms with van der Waals surface area (Å²) in [5.74, 6) is 0.464. The summed E-state index contributed by atoms with van der Waals surface area (Å²) < 4.78 is 0. The Hall–Kier alpha value is -0.570. The monoisotopic (exact) mass is 224 g/mol. The van der Waals surface area contributed by atoms with Crippen molar-refractivity contribution in [3.63, 3.8) is 0 Å². The van der Waals surface area contributed by atoms with Gasteiger partial charge < -0.3 is 10.6 Å². The molecule has 0 spiro atoms. The van der Waals surface area contributed by atoms with Crippen LogP contribution in [0.25, 0.3) is 0 Å². The molecule has 2 rings (SSSR count). The van der Waals surface area contributed by atoms with Crippen LogP contribution in [0, 0.1) is 5.92 Å². The van der Waals surface area contributed by atoms with E-state index in [2.05, 4.69) is 4.90 Å². The summed E-state index contributed by atoms with van der Waals surface area (Å²) in [6.07, 6.45) is 9.42. The molecule has 0 aromatic rings. The van der Waals surface area contributed by atoms with Crippen LogP contribution in [-0.2, 0) is 4.79 Å². The highest BCUT2D eigenvalue weighted by Gasteiger charge is 2.33. The summed E-state index contributed by atoms with van der Waals surface area (Å²) in [6, 6.07) is 0.123. The fourth-order valence-corrected chi connectivity index (χ4v) is 3.00. The normalized spacial score (nSPS) is 32.2. The Labute approximate surface area is 98.4 Å². The maximum atomic E-state index is 12.3. The molecule has 0 bridgehead atoms. The van der Waals surface area contributed by atoms with Crippen molar-refractivity contribution in [2.24, 2.45) is 11.7 Å². The smallest absolute Gasteiger partial charge is 0.227 e. The highest BCUT2D eigenvalue weighted by Crippen LogP contribution is 2.26. The van der Waals surface area contributed by atoms with Crippen molar-refractivity contribution in [3.8, 4) is 0 Å². The number of nitrogens with zero attached hydrogens (tertiary/aromatic N) is 1. The fourth-order valence-electron chi connectivity index (χ4n) is 3.00. The highest BCUT2D eigenvalue weighted by molar-refractivity contribution is 5.79. The van der Waals surface area contributed by atoms with Crippen LogP contribution >= 0.6 is 0 Å². The Morgan fingerprint density at radius 3 is 2.12 bits per heavy atom. The van der Waals surface area contributed by atoms with E-state index < -0.39 is 0 Å². The van der Waals surface area contributed by atoms with Gasteiger partial charge in [0.15, 0.2) is 0 Å². The van der Waals surface area contributed by atoms with E-state index in [1.165, 1.54) is 32.1 Å². The molecule has 3 nitrogen and oxygen atoms in total. The zero-order valence-electron chi connectivity index (χ0n) is 10.2. The predicted octanol–water partition coefficient (Wildman–Crippen LogP) is 1.91. The molecule has 92 valence electrons. The van der Waals surface area contributed by atoms with E-state index in [-0.39, 0.29) is 12.0 Å². The zero-order chi connectivity index (χ0) is 11.4. The van der Waals surface area contributed by atoms with E-state index in [4.69, 9.17) is 5.73 Å². The number of carbonyl (C=O) groups excluding carboxylic acids is 1. The lowest BCUT2D eigenvalue weighted by Crippen LogP contribution is -2.42. The van der Waals surface area contributed by atoms with Gasteiger partial charge in [0.05, 0.1) is 5.92 Å². The van der Waals surface area contributed by atoms with Crippen molar-refractivity contribution in [2.45, 2.75) is 57.4 Å². The molecule has 16 heavy (non-hydrogen) atoms. The van der Waals surface area contributed by atoms with Crippen LogP contribution in [0.3, 0.4) is 0 Å². The molecule has 2 fully saturated rings. The van der Waals surface area contributed by atoms with Gasteiger partial charge in [-0.25, -0.2) is 0 Å². The average molecular weight is 224 g/mol. The van der Waals surface area contributed by atoms with E-state index in [0.717, 1.165) is 32.4 Å². The van der Waals surface area contributed by atoms with Crippen molar-refractivity contribution in [2.75, 3.05) is 13.1 Å². The lowest BCUT2D eigenvalue weighted by molar-refractivity contribution is -0.136. The molecular formula is C13H24N2O. The molecule has 2 aliphatic rings. The van der Waals surface area contributed by atoms with Crippen molar-refractivity contribution in [1.82, 2.24) is 4.90 Å². The Kier molecular flexibility index (Phi) is 4.22. The average Bonchev–Trinajstić information content (AvgIpc) is 2.63. The van der Waals surface area contributed by atoms with Gasteiger partial charge in [-0.2, -0.15) is 0 Å². The van der Waals surface area contributed by atoms with Crippen LogP contribution in [0.1, 0.15) is 51.4 Å². The van der Waals surface area contributed by atoms with Gasteiger partial charge in [-0.3, -0.25) is 4.79 Å². The van der Waals surface area contributed by atoms with Crippen LogP contribution in [0.5, 0.6) is 0 Å². The van der Waals surface area contributed by atoms with Crippen LogP contribution in [0.15, 0.2) is 0 Å². The summed E-state index contributed by atoms with van der Waals surface area (Å²) in [6.45, 7) is 1.92. The van der Waals surface area contributed by atoms with Gasteiger partial charge in [0, 0.05) is 19.1 Å². The fraction of sp³-hybridized carbons (Fsp3) is 0.923. The van der Waals surface area contributed by atoms with Gasteiger partial charge in [0.25, 0.3) is 0 Å². The number of likely N-dealkylation sites (tertiary alicyclic amines) is 1. The molecule has 1 heterocycles. The van der Waals surface area contributed by atoms with Gasteiger partial charge in [0.1, 0.15) is 0 Å². The topological polar surface area (TPSA) is 46.3 Å². The standard InChI is InChI=1S/C13H24N2O/c14-12-8-6-7-11(12)13(16)15-9-4-2-1-3-5-10-15/h11-12H,1-10,14H2. The third-order valence-electron chi connectivity index (χ3n) is 4.05. The number of carbonyl (C=O) groups is 1. The first kappa shape index (κ1) is 11.9. The first-order valence-corrected chi connectivity index (χ1v) is 6.83. The molecule has 1 saturated carbocycles. The number of hydrogen-bond donors (Lipinski definition) is 1. The van der Waals surface area contributed by atoms with E-state index >= 15 is 0 Å². The molecule has 1 aliphatic heterocycles. The van der Waals surface area contributed by atoms with Crippen molar-refractivity contribution in [1.29, 1.82) is 0 Å². The maximum Gasteiger partial charge on any atom is 0.227 e. The lowest BCUT2D eigenvalue weighted by Gasteiger charge is -2.28. The second-order valence-electron chi connectivity index (χ2n) is 5.29. The highest BCUT2D eigenvalue weighted by atomic mass is 16.2. The van der Waals surface area contributed by atoms with Gasteiger partial charge in [-0.15, -0.1) is 0 Å². The number of amides is 1. The number of rotatable bonds is 1.